The van der Waals surface area contributed by atoms with E-state index in [2.05, 4.69) is 25.3 Å². The van der Waals surface area contributed by atoms with Gasteiger partial charge in [0.25, 0.3) is 0 Å². The van der Waals surface area contributed by atoms with Crippen LogP contribution in [-0.2, 0) is 0 Å². The van der Waals surface area contributed by atoms with Gasteiger partial charge in [-0.05, 0) is 18.6 Å². The Bertz CT molecular complexity index is 936. The minimum atomic E-state index is -0.797. The van der Waals surface area contributed by atoms with Gasteiger partial charge in [-0.2, -0.15) is 0 Å². The number of nitro benzene ring substituents is 2. The molecular formula is C12H9N7O4. The number of benzene rings is 1. The molecule has 0 aliphatic heterocycles. The Morgan fingerprint density at radius 2 is 1.91 bits per heavy atom. The minimum Gasteiger partial charge on any atom is -0.340 e. The largest absolute Gasteiger partial charge is 0.369 e. The van der Waals surface area contributed by atoms with Gasteiger partial charge in [-0.15, -0.1) is 0 Å². The van der Waals surface area contributed by atoms with Crippen LogP contribution in [0.25, 0.3) is 11.2 Å². The predicted molar refractivity (Wildman–Crippen MR) is 79.5 cm³/mol. The van der Waals surface area contributed by atoms with Crippen molar-refractivity contribution >= 4 is 34.0 Å². The number of H-pyrrole nitrogens is 1. The third-order valence-corrected chi connectivity index (χ3v) is 3.21. The first-order valence-electron chi connectivity index (χ1n) is 6.32. The number of fused-ring (bicyclic) bond motifs is 1. The number of aromatic amines is 1. The molecule has 0 unspecified atom stereocenters. The van der Waals surface area contributed by atoms with Crippen LogP contribution in [0.3, 0.4) is 0 Å². The zero-order valence-corrected chi connectivity index (χ0v) is 11.7. The molecule has 0 saturated heterocycles. The molecule has 0 bridgehead atoms. The Morgan fingerprint density at radius 1 is 1.13 bits per heavy atom. The summed E-state index contributed by atoms with van der Waals surface area (Å²) in [4.78, 5) is 35.5. The van der Waals surface area contributed by atoms with Crippen molar-refractivity contribution in [3.05, 3.63) is 50.6 Å². The van der Waals surface area contributed by atoms with Crippen molar-refractivity contribution < 1.29 is 9.85 Å². The van der Waals surface area contributed by atoms with E-state index < -0.39 is 21.2 Å². The third-order valence-electron chi connectivity index (χ3n) is 3.21. The van der Waals surface area contributed by atoms with E-state index in [-0.39, 0.29) is 11.5 Å². The number of rotatable bonds is 4. The van der Waals surface area contributed by atoms with Gasteiger partial charge in [0.15, 0.2) is 11.5 Å². The van der Waals surface area contributed by atoms with Crippen LogP contribution in [0.15, 0.2) is 24.8 Å². The highest BCUT2D eigenvalue weighted by molar-refractivity contribution is 5.88. The number of hydrogen-bond acceptors (Lipinski definition) is 8. The monoisotopic (exact) mass is 315 g/mol. The molecule has 0 fully saturated rings. The maximum atomic E-state index is 11.3. The van der Waals surface area contributed by atoms with Gasteiger partial charge in [0.05, 0.1) is 16.2 Å². The fourth-order valence-corrected chi connectivity index (χ4v) is 2.15. The predicted octanol–water partition coefficient (Wildman–Crippen LogP) is 2.22. The number of aryl methyl sites for hydroxylation is 1. The van der Waals surface area contributed by atoms with Crippen LogP contribution in [0, 0.1) is 27.2 Å². The van der Waals surface area contributed by atoms with E-state index in [1.54, 1.807) is 6.92 Å². The average molecular weight is 315 g/mol. The lowest BCUT2D eigenvalue weighted by molar-refractivity contribution is -0.421. The molecule has 11 heteroatoms. The fraction of sp³-hybridized carbons (Fsp3) is 0.0833. The number of nitrogens with one attached hydrogen (secondary N) is 2. The average Bonchev–Trinajstić information content (AvgIpc) is 2.98. The second-order valence-electron chi connectivity index (χ2n) is 4.59. The van der Waals surface area contributed by atoms with E-state index in [0.29, 0.717) is 16.7 Å². The number of nitro groups is 2. The minimum absolute atomic E-state index is 0.00111. The number of aromatic nitrogens is 4. The summed E-state index contributed by atoms with van der Waals surface area (Å²) >= 11 is 0. The van der Waals surface area contributed by atoms with Crippen molar-refractivity contribution in [2.24, 2.45) is 0 Å². The molecule has 0 aliphatic rings. The van der Waals surface area contributed by atoms with Crippen molar-refractivity contribution in [1.82, 2.24) is 19.9 Å². The molecule has 2 aromatic heterocycles. The van der Waals surface area contributed by atoms with E-state index in [4.69, 9.17) is 0 Å². The molecule has 116 valence electrons. The molecule has 3 aromatic rings. The van der Waals surface area contributed by atoms with Gasteiger partial charge in [-0.3, -0.25) is 20.2 Å². The lowest BCUT2D eigenvalue weighted by Crippen LogP contribution is -2.04. The van der Waals surface area contributed by atoms with E-state index in [0.717, 1.165) is 6.07 Å². The molecule has 11 nitrogen and oxygen atoms in total. The zero-order chi connectivity index (χ0) is 16.6. The van der Waals surface area contributed by atoms with Crippen molar-refractivity contribution in [1.29, 1.82) is 0 Å². The van der Waals surface area contributed by atoms with Crippen LogP contribution in [0.2, 0.25) is 0 Å². The molecule has 3 rings (SSSR count). The molecular weight excluding hydrogens is 306 g/mol. The maximum Gasteiger partial charge on any atom is 0.369 e. The van der Waals surface area contributed by atoms with E-state index in [1.165, 1.54) is 18.7 Å². The first-order valence-corrected chi connectivity index (χ1v) is 6.32. The molecule has 1 aromatic carbocycles. The molecule has 0 atom stereocenters. The van der Waals surface area contributed by atoms with Crippen molar-refractivity contribution in [3.63, 3.8) is 0 Å². The molecule has 0 saturated carbocycles. The second-order valence-corrected chi connectivity index (χ2v) is 4.59. The first kappa shape index (κ1) is 14.3. The molecule has 0 radical (unpaired) electrons. The highest BCUT2D eigenvalue weighted by atomic mass is 16.6. The van der Waals surface area contributed by atoms with Crippen LogP contribution in [0.1, 0.15) is 5.56 Å². The van der Waals surface area contributed by atoms with Crippen molar-refractivity contribution in [3.8, 4) is 0 Å². The van der Waals surface area contributed by atoms with Gasteiger partial charge < -0.3 is 10.3 Å². The number of imidazole rings is 1. The Hall–Kier alpha value is -3.63. The topological polar surface area (TPSA) is 153 Å². The summed E-state index contributed by atoms with van der Waals surface area (Å²) in [5.74, 6) is 0.235. The van der Waals surface area contributed by atoms with Gasteiger partial charge in [0.1, 0.15) is 17.5 Å². The molecule has 2 heterocycles. The first-order chi connectivity index (χ1) is 11.0. The zero-order valence-electron chi connectivity index (χ0n) is 11.7. The van der Waals surface area contributed by atoms with Crippen LogP contribution >= 0.6 is 0 Å². The Balaban J connectivity index is 2.20. The number of anilines is 2. The van der Waals surface area contributed by atoms with Crippen molar-refractivity contribution in [2.45, 2.75) is 6.92 Å². The lowest BCUT2D eigenvalue weighted by Gasteiger charge is -2.09. The van der Waals surface area contributed by atoms with Gasteiger partial charge in [-0.1, -0.05) is 0 Å². The SMILES string of the molecule is Cc1ccc([N+](=O)[O-])c([N+](=O)[O-])c1Nc1ncnc2nc[nH]c12. The Morgan fingerprint density at radius 3 is 2.61 bits per heavy atom. The summed E-state index contributed by atoms with van der Waals surface area (Å²) < 4.78 is 0. The molecule has 0 spiro atoms. The van der Waals surface area contributed by atoms with Crippen LogP contribution in [0.4, 0.5) is 22.9 Å². The van der Waals surface area contributed by atoms with Crippen LogP contribution < -0.4 is 5.32 Å². The summed E-state index contributed by atoms with van der Waals surface area (Å²) in [6.45, 7) is 1.60. The highest BCUT2D eigenvalue weighted by Crippen LogP contribution is 2.38. The van der Waals surface area contributed by atoms with E-state index in [9.17, 15) is 20.2 Å². The van der Waals surface area contributed by atoms with Gasteiger partial charge in [0.2, 0.25) is 0 Å². The smallest absolute Gasteiger partial charge is 0.340 e. The van der Waals surface area contributed by atoms with Gasteiger partial charge in [0, 0.05) is 6.07 Å². The van der Waals surface area contributed by atoms with Gasteiger partial charge in [-0.25, -0.2) is 15.0 Å². The van der Waals surface area contributed by atoms with Crippen LogP contribution in [-0.4, -0.2) is 29.8 Å². The Labute approximate surface area is 127 Å². The molecule has 0 amide bonds. The van der Waals surface area contributed by atoms with Crippen molar-refractivity contribution in [2.75, 3.05) is 5.32 Å². The Kier molecular flexibility index (Phi) is 3.29. The third kappa shape index (κ3) is 2.39. The number of nitrogens with zero attached hydrogens (tertiary/aromatic N) is 5. The summed E-state index contributed by atoms with van der Waals surface area (Å²) in [6, 6.07) is 2.53. The number of hydrogen-bond donors (Lipinski definition) is 2. The van der Waals surface area contributed by atoms with Gasteiger partial charge >= 0.3 is 11.4 Å². The second kappa shape index (κ2) is 5.29. The normalized spacial score (nSPS) is 10.7. The summed E-state index contributed by atoms with van der Waals surface area (Å²) in [7, 11) is 0. The lowest BCUT2D eigenvalue weighted by atomic mass is 10.1. The highest BCUT2D eigenvalue weighted by Gasteiger charge is 2.30. The molecule has 0 aliphatic carbocycles. The van der Waals surface area contributed by atoms with E-state index >= 15 is 0 Å². The fourth-order valence-electron chi connectivity index (χ4n) is 2.15. The van der Waals surface area contributed by atoms with E-state index in [1.807, 2.05) is 0 Å². The standard InChI is InChI=1S/C12H9N7O4/c1-6-2-3-7(18(20)21)10(19(22)23)8(6)17-12-9-11(14-4-13-9)15-5-16-12/h2-5H,1H3,(H2,13,14,15,16,17). The summed E-state index contributed by atoms with van der Waals surface area (Å²) in [6.07, 6.45) is 2.64. The quantitative estimate of drug-likeness (QED) is 0.548. The van der Waals surface area contributed by atoms with Crippen LogP contribution in [0.5, 0.6) is 0 Å². The summed E-state index contributed by atoms with van der Waals surface area (Å²) in [5.41, 5.74) is 0.0487. The molecule has 23 heavy (non-hydrogen) atoms. The maximum absolute atomic E-state index is 11.3. The molecule has 2 N–H and O–H groups in total. The summed E-state index contributed by atoms with van der Waals surface area (Å²) in [5, 5.41) is 25.1.